The van der Waals surface area contributed by atoms with Crippen molar-refractivity contribution in [1.29, 1.82) is 0 Å². The van der Waals surface area contributed by atoms with E-state index in [0.29, 0.717) is 10.8 Å². The van der Waals surface area contributed by atoms with E-state index in [2.05, 4.69) is 5.16 Å². The van der Waals surface area contributed by atoms with Gasteiger partial charge in [-0.2, -0.15) is 0 Å². The van der Waals surface area contributed by atoms with E-state index in [1.54, 1.807) is 19.2 Å². The maximum atomic E-state index is 8.36. The normalized spacial score (nSPS) is 10.7. The molecule has 1 aromatic carbocycles. The lowest BCUT2D eigenvalue weighted by atomic mass is 10.1. The number of hydrogen-bond donors (Lipinski definition) is 1. The average molecular weight is 200 g/mol. The van der Waals surface area contributed by atoms with E-state index >= 15 is 0 Å². The van der Waals surface area contributed by atoms with Crippen LogP contribution in [0.5, 0.6) is 5.75 Å². The van der Waals surface area contributed by atoms with Crippen LogP contribution in [0.3, 0.4) is 0 Å². The van der Waals surface area contributed by atoms with E-state index in [0.717, 1.165) is 11.1 Å². The van der Waals surface area contributed by atoms with Gasteiger partial charge in [0, 0.05) is 5.56 Å². The number of aryl methyl sites for hydroxylation is 1. The second-order valence-electron chi connectivity index (χ2n) is 2.59. The molecule has 0 aliphatic heterocycles. The molecule has 0 aliphatic carbocycles. The number of hydrogen-bond acceptors (Lipinski definition) is 3. The molecule has 0 atom stereocenters. The molecule has 0 heterocycles. The van der Waals surface area contributed by atoms with Crippen LogP contribution < -0.4 is 4.74 Å². The first kappa shape index (κ1) is 9.86. The molecule has 1 N–H and O–H groups in total. The first-order chi connectivity index (χ1) is 6.19. The van der Waals surface area contributed by atoms with E-state index < -0.39 is 0 Å². The molecule has 0 fully saturated rings. The van der Waals surface area contributed by atoms with Crippen molar-refractivity contribution in [3.63, 3.8) is 0 Å². The fourth-order valence-corrected chi connectivity index (χ4v) is 1.28. The highest BCUT2D eigenvalue weighted by Gasteiger charge is 2.04. The van der Waals surface area contributed by atoms with Crippen molar-refractivity contribution in [2.75, 3.05) is 7.11 Å². The Morgan fingerprint density at radius 3 is 2.77 bits per heavy atom. The first-order valence-electron chi connectivity index (χ1n) is 3.70. The molecular formula is C9H10ClNO2. The van der Waals surface area contributed by atoms with Crippen molar-refractivity contribution >= 4 is 17.8 Å². The third-order valence-corrected chi connectivity index (χ3v) is 2.03. The maximum absolute atomic E-state index is 8.36. The molecule has 1 aromatic rings. The van der Waals surface area contributed by atoms with Crippen LogP contribution in [0.2, 0.25) is 5.02 Å². The molecule has 0 saturated carbocycles. The molecule has 0 saturated heterocycles. The highest BCUT2D eigenvalue weighted by Crippen LogP contribution is 2.26. The van der Waals surface area contributed by atoms with Gasteiger partial charge in [0.2, 0.25) is 0 Å². The Labute approximate surface area is 81.6 Å². The minimum Gasteiger partial charge on any atom is -0.495 e. The number of halogens is 1. The Balaban J connectivity index is 3.20. The SMILES string of the molecule is COc1cc(C)c(/C=N\O)cc1Cl. The van der Waals surface area contributed by atoms with E-state index in [1.807, 2.05) is 6.92 Å². The fourth-order valence-electron chi connectivity index (χ4n) is 1.03. The Hall–Kier alpha value is -1.22. The van der Waals surface area contributed by atoms with Gasteiger partial charge in [-0.3, -0.25) is 0 Å². The molecule has 3 nitrogen and oxygen atoms in total. The van der Waals surface area contributed by atoms with Crippen molar-refractivity contribution in [3.8, 4) is 5.75 Å². The monoisotopic (exact) mass is 199 g/mol. The minimum atomic E-state index is 0.503. The lowest BCUT2D eigenvalue weighted by Crippen LogP contribution is -1.91. The van der Waals surface area contributed by atoms with Gasteiger partial charge in [0.1, 0.15) is 5.75 Å². The van der Waals surface area contributed by atoms with Gasteiger partial charge in [-0.05, 0) is 24.6 Å². The fraction of sp³-hybridized carbons (Fsp3) is 0.222. The van der Waals surface area contributed by atoms with Crippen molar-refractivity contribution in [2.45, 2.75) is 6.92 Å². The van der Waals surface area contributed by atoms with Gasteiger partial charge >= 0.3 is 0 Å². The van der Waals surface area contributed by atoms with E-state index in [-0.39, 0.29) is 0 Å². The van der Waals surface area contributed by atoms with Crippen LogP contribution in [0.25, 0.3) is 0 Å². The van der Waals surface area contributed by atoms with Crippen LogP contribution in [0.4, 0.5) is 0 Å². The van der Waals surface area contributed by atoms with Crippen molar-refractivity contribution in [3.05, 3.63) is 28.3 Å². The van der Waals surface area contributed by atoms with Crippen LogP contribution in [-0.4, -0.2) is 18.5 Å². The zero-order valence-electron chi connectivity index (χ0n) is 7.41. The van der Waals surface area contributed by atoms with Crippen LogP contribution >= 0.6 is 11.6 Å². The topological polar surface area (TPSA) is 41.8 Å². The molecule has 70 valence electrons. The summed E-state index contributed by atoms with van der Waals surface area (Å²) in [5.74, 6) is 0.620. The van der Waals surface area contributed by atoms with Gasteiger partial charge in [-0.25, -0.2) is 0 Å². The third-order valence-electron chi connectivity index (χ3n) is 1.74. The van der Waals surface area contributed by atoms with Crippen molar-refractivity contribution in [1.82, 2.24) is 0 Å². The number of rotatable bonds is 2. The molecule has 0 unspecified atom stereocenters. The summed E-state index contributed by atoms with van der Waals surface area (Å²) in [6.45, 7) is 1.88. The predicted octanol–water partition coefficient (Wildman–Crippen LogP) is 2.47. The predicted molar refractivity (Wildman–Crippen MR) is 52.1 cm³/mol. The largest absolute Gasteiger partial charge is 0.495 e. The lowest BCUT2D eigenvalue weighted by molar-refractivity contribution is 0.322. The Bertz CT molecular complexity index is 337. The standard InChI is InChI=1S/C9H10ClNO2/c1-6-3-9(13-2)8(10)4-7(6)5-11-12/h3-5,12H,1-2H3/b11-5-. The molecule has 0 bridgehead atoms. The molecule has 4 heteroatoms. The maximum Gasteiger partial charge on any atom is 0.137 e. The van der Waals surface area contributed by atoms with Crippen LogP contribution in [0, 0.1) is 6.92 Å². The number of nitrogens with zero attached hydrogens (tertiary/aromatic N) is 1. The second kappa shape index (κ2) is 4.14. The summed E-state index contributed by atoms with van der Waals surface area (Å²) in [6.07, 6.45) is 1.33. The molecule has 0 aliphatic rings. The number of methoxy groups -OCH3 is 1. The van der Waals surface area contributed by atoms with Gasteiger partial charge in [-0.15, -0.1) is 0 Å². The Morgan fingerprint density at radius 1 is 1.54 bits per heavy atom. The van der Waals surface area contributed by atoms with Crippen LogP contribution in [0.1, 0.15) is 11.1 Å². The summed E-state index contributed by atoms with van der Waals surface area (Å²) in [4.78, 5) is 0. The Kier molecular flexibility index (Phi) is 3.14. The summed E-state index contributed by atoms with van der Waals surface area (Å²) in [5, 5.41) is 11.8. The molecule has 13 heavy (non-hydrogen) atoms. The van der Waals surface area contributed by atoms with Crippen LogP contribution in [0.15, 0.2) is 17.3 Å². The molecule has 0 spiro atoms. The molecule has 0 radical (unpaired) electrons. The average Bonchev–Trinajstić information content (AvgIpc) is 2.11. The third kappa shape index (κ3) is 2.12. The number of benzene rings is 1. The minimum absolute atomic E-state index is 0.503. The zero-order valence-corrected chi connectivity index (χ0v) is 8.17. The van der Waals surface area contributed by atoms with Gasteiger partial charge in [0.15, 0.2) is 0 Å². The van der Waals surface area contributed by atoms with E-state index in [9.17, 15) is 0 Å². The molecule has 1 rings (SSSR count). The van der Waals surface area contributed by atoms with Crippen molar-refractivity contribution in [2.24, 2.45) is 5.16 Å². The summed E-state index contributed by atoms with van der Waals surface area (Å²) < 4.78 is 5.02. The summed E-state index contributed by atoms with van der Waals surface area (Å²) in [7, 11) is 1.56. The quantitative estimate of drug-likeness (QED) is 0.452. The summed E-state index contributed by atoms with van der Waals surface area (Å²) >= 11 is 5.87. The summed E-state index contributed by atoms with van der Waals surface area (Å²) in [5.41, 5.74) is 1.72. The first-order valence-corrected chi connectivity index (χ1v) is 4.08. The van der Waals surface area contributed by atoms with E-state index in [1.165, 1.54) is 6.21 Å². The molecular weight excluding hydrogens is 190 g/mol. The lowest BCUT2D eigenvalue weighted by Gasteiger charge is -2.06. The smallest absolute Gasteiger partial charge is 0.137 e. The van der Waals surface area contributed by atoms with Crippen molar-refractivity contribution < 1.29 is 9.94 Å². The second-order valence-corrected chi connectivity index (χ2v) is 3.00. The zero-order chi connectivity index (χ0) is 9.84. The highest BCUT2D eigenvalue weighted by atomic mass is 35.5. The van der Waals surface area contributed by atoms with Gasteiger partial charge in [0.05, 0.1) is 18.3 Å². The molecule has 0 amide bonds. The van der Waals surface area contributed by atoms with Gasteiger partial charge in [-0.1, -0.05) is 16.8 Å². The molecule has 0 aromatic heterocycles. The van der Waals surface area contributed by atoms with Gasteiger partial charge < -0.3 is 9.94 Å². The number of oxime groups is 1. The number of ether oxygens (including phenoxy) is 1. The summed E-state index contributed by atoms with van der Waals surface area (Å²) in [6, 6.07) is 3.48. The van der Waals surface area contributed by atoms with E-state index in [4.69, 9.17) is 21.5 Å². The Morgan fingerprint density at radius 2 is 2.23 bits per heavy atom. The van der Waals surface area contributed by atoms with Gasteiger partial charge in [0.25, 0.3) is 0 Å². The van der Waals surface area contributed by atoms with Crippen LogP contribution in [-0.2, 0) is 0 Å². The highest BCUT2D eigenvalue weighted by molar-refractivity contribution is 6.32.